The molecule has 2 atom stereocenters. The minimum absolute atomic E-state index is 0.0237. The van der Waals surface area contributed by atoms with Gasteiger partial charge in [-0.25, -0.2) is 4.39 Å². The summed E-state index contributed by atoms with van der Waals surface area (Å²) in [6.07, 6.45) is 0.903. The molecule has 1 aliphatic heterocycles. The van der Waals surface area contributed by atoms with Crippen LogP contribution in [-0.4, -0.2) is 19.3 Å². The van der Waals surface area contributed by atoms with E-state index in [9.17, 15) is 4.39 Å². The number of hydrogen-bond donors (Lipinski definition) is 1. The summed E-state index contributed by atoms with van der Waals surface area (Å²) in [5.41, 5.74) is 1.08. The highest BCUT2D eigenvalue weighted by molar-refractivity contribution is 5.40. The van der Waals surface area contributed by atoms with E-state index in [4.69, 9.17) is 9.47 Å². The summed E-state index contributed by atoms with van der Waals surface area (Å²) in [6, 6.07) is 14.5. The lowest BCUT2D eigenvalue weighted by Gasteiger charge is -2.28. The lowest BCUT2D eigenvalue weighted by atomic mass is 10.0. The Bertz CT molecular complexity index is 615. The van der Waals surface area contributed by atoms with Gasteiger partial charge in [-0.2, -0.15) is 0 Å². The third kappa shape index (κ3) is 3.39. The Labute approximate surface area is 130 Å². The highest BCUT2D eigenvalue weighted by atomic mass is 19.1. The van der Waals surface area contributed by atoms with Gasteiger partial charge in [-0.1, -0.05) is 31.2 Å². The summed E-state index contributed by atoms with van der Waals surface area (Å²) in [4.78, 5) is 0. The first kappa shape index (κ1) is 14.9. The molecule has 0 radical (unpaired) electrons. The van der Waals surface area contributed by atoms with Gasteiger partial charge in [0.25, 0.3) is 0 Å². The third-order valence-electron chi connectivity index (χ3n) is 3.84. The van der Waals surface area contributed by atoms with E-state index in [1.54, 1.807) is 0 Å². The van der Waals surface area contributed by atoms with Crippen LogP contribution in [0.1, 0.15) is 24.9 Å². The van der Waals surface area contributed by atoms with Crippen molar-refractivity contribution in [2.45, 2.75) is 25.5 Å². The zero-order valence-electron chi connectivity index (χ0n) is 12.6. The predicted octanol–water partition coefficient (Wildman–Crippen LogP) is 3.71. The minimum atomic E-state index is -0.209. The smallest absolute Gasteiger partial charge is 0.161 e. The number of hydrogen-bond acceptors (Lipinski definition) is 3. The fraction of sp³-hybridized carbons (Fsp3) is 0.333. The van der Waals surface area contributed by atoms with Gasteiger partial charge in [0.05, 0.1) is 0 Å². The number of halogens is 1. The van der Waals surface area contributed by atoms with Crippen molar-refractivity contribution in [3.05, 3.63) is 59.9 Å². The lowest BCUT2D eigenvalue weighted by molar-refractivity contribution is 0.0880. The van der Waals surface area contributed by atoms with Crippen LogP contribution in [0.4, 0.5) is 4.39 Å². The van der Waals surface area contributed by atoms with Crippen LogP contribution in [0.3, 0.4) is 0 Å². The van der Waals surface area contributed by atoms with Crippen molar-refractivity contribution >= 4 is 0 Å². The van der Waals surface area contributed by atoms with Gasteiger partial charge in [0.15, 0.2) is 11.5 Å². The Morgan fingerprint density at radius 1 is 1.14 bits per heavy atom. The average molecular weight is 301 g/mol. The monoisotopic (exact) mass is 301 g/mol. The molecule has 4 heteroatoms. The Morgan fingerprint density at radius 3 is 2.59 bits per heavy atom. The van der Waals surface area contributed by atoms with Gasteiger partial charge in [0.1, 0.15) is 18.5 Å². The normalized spacial score (nSPS) is 18.0. The van der Waals surface area contributed by atoms with Crippen molar-refractivity contribution in [2.75, 3.05) is 13.2 Å². The van der Waals surface area contributed by atoms with E-state index in [0.717, 1.165) is 23.5 Å². The molecule has 0 aromatic heterocycles. The van der Waals surface area contributed by atoms with Crippen molar-refractivity contribution in [1.82, 2.24) is 5.32 Å². The van der Waals surface area contributed by atoms with Crippen LogP contribution < -0.4 is 14.8 Å². The Balaban J connectivity index is 1.59. The van der Waals surface area contributed by atoms with Gasteiger partial charge in [-0.15, -0.1) is 0 Å². The number of fused-ring (bicyclic) bond motifs is 1. The van der Waals surface area contributed by atoms with Crippen LogP contribution in [0.5, 0.6) is 11.5 Å². The van der Waals surface area contributed by atoms with Gasteiger partial charge >= 0.3 is 0 Å². The SMILES string of the molecule is CCC(NCC1COc2ccccc2O1)c1ccc(F)cc1. The van der Waals surface area contributed by atoms with Crippen molar-refractivity contribution in [2.24, 2.45) is 0 Å². The molecule has 0 amide bonds. The molecule has 22 heavy (non-hydrogen) atoms. The molecule has 0 aliphatic carbocycles. The van der Waals surface area contributed by atoms with E-state index in [1.807, 2.05) is 36.4 Å². The Hall–Kier alpha value is -2.07. The third-order valence-corrected chi connectivity index (χ3v) is 3.84. The van der Waals surface area contributed by atoms with Crippen molar-refractivity contribution < 1.29 is 13.9 Å². The predicted molar refractivity (Wildman–Crippen MR) is 83.8 cm³/mol. The van der Waals surface area contributed by atoms with E-state index in [1.165, 1.54) is 12.1 Å². The molecule has 0 fully saturated rings. The molecule has 116 valence electrons. The van der Waals surface area contributed by atoms with E-state index < -0.39 is 0 Å². The molecule has 0 bridgehead atoms. The van der Waals surface area contributed by atoms with Gasteiger partial charge in [0.2, 0.25) is 0 Å². The fourth-order valence-electron chi connectivity index (χ4n) is 2.63. The van der Waals surface area contributed by atoms with Crippen molar-refractivity contribution in [1.29, 1.82) is 0 Å². The second-order valence-electron chi connectivity index (χ2n) is 5.42. The summed E-state index contributed by atoms with van der Waals surface area (Å²) in [5.74, 6) is 1.37. The summed E-state index contributed by atoms with van der Waals surface area (Å²) < 4.78 is 24.7. The van der Waals surface area contributed by atoms with Crippen LogP contribution in [0.2, 0.25) is 0 Å². The van der Waals surface area contributed by atoms with Gasteiger partial charge in [-0.3, -0.25) is 0 Å². The van der Waals surface area contributed by atoms with Gasteiger partial charge in [0, 0.05) is 12.6 Å². The number of ether oxygens (including phenoxy) is 2. The molecule has 2 aromatic carbocycles. The molecule has 0 saturated heterocycles. The van der Waals surface area contributed by atoms with E-state index in [-0.39, 0.29) is 18.0 Å². The first-order valence-electron chi connectivity index (χ1n) is 7.63. The molecule has 1 N–H and O–H groups in total. The molecule has 2 aromatic rings. The summed E-state index contributed by atoms with van der Waals surface area (Å²) >= 11 is 0. The minimum Gasteiger partial charge on any atom is -0.486 e. The summed E-state index contributed by atoms with van der Waals surface area (Å²) in [5, 5.41) is 3.48. The largest absolute Gasteiger partial charge is 0.486 e. The summed E-state index contributed by atoms with van der Waals surface area (Å²) in [7, 11) is 0. The second-order valence-corrected chi connectivity index (χ2v) is 5.42. The van der Waals surface area contributed by atoms with Crippen molar-refractivity contribution in [3.8, 4) is 11.5 Å². The zero-order chi connectivity index (χ0) is 15.4. The first-order chi connectivity index (χ1) is 10.8. The van der Waals surface area contributed by atoms with Crippen molar-refractivity contribution in [3.63, 3.8) is 0 Å². The van der Waals surface area contributed by atoms with Crippen LogP contribution in [0.15, 0.2) is 48.5 Å². The molecule has 3 rings (SSSR count). The molecule has 3 nitrogen and oxygen atoms in total. The van der Waals surface area contributed by atoms with Crippen LogP contribution in [0.25, 0.3) is 0 Å². The molecular weight excluding hydrogens is 281 g/mol. The highest BCUT2D eigenvalue weighted by Gasteiger charge is 2.21. The van der Waals surface area contributed by atoms with Crippen LogP contribution in [0, 0.1) is 5.82 Å². The number of nitrogens with one attached hydrogen (secondary N) is 1. The maximum atomic E-state index is 13.0. The maximum absolute atomic E-state index is 13.0. The molecule has 1 aliphatic rings. The fourth-order valence-corrected chi connectivity index (χ4v) is 2.63. The van der Waals surface area contributed by atoms with Gasteiger partial charge < -0.3 is 14.8 Å². The Morgan fingerprint density at radius 2 is 1.86 bits per heavy atom. The highest BCUT2D eigenvalue weighted by Crippen LogP contribution is 2.30. The van der Waals surface area contributed by atoms with E-state index >= 15 is 0 Å². The number of para-hydroxylation sites is 2. The number of benzene rings is 2. The van der Waals surface area contributed by atoms with E-state index in [2.05, 4.69) is 12.2 Å². The number of rotatable bonds is 5. The second kappa shape index (κ2) is 6.79. The average Bonchev–Trinajstić information content (AvgIpc) is 2.57. The Kier molecular flexibility index (Phi) is 4.59. The van der Waals surface area contributed by atoms with E-state index in [0.29, 0.717) is 13.2 Å². The quantitative estimate of drug-likeness (QED) is 0.913. The molecule has 0 spiro atoms. The summed E-state index contributed by atoms with van der Waals surface area (Å²) in [6.45, 7) is 3.32. The molecular formula is C18H20FNO2. The molecule has 1 heterocycles. The van der Waals surface area contributed by atoms with Gasteiger partial charge in [-0.05, 0) is 36.2 Å². The standard InChI is InChI=1S/C18H20FNO2/c1-2-16(13-7-9-14(19)10-8-13)20-11-15-12-21-17-5-3-4-6-18(17)22-15/h3-10,15-16,20H,2,11-12H2,1H3. The topological polar surface area (TPSA) is 30.5 Å². The lowest BCUT2D eigenvalue weighted by Crippen LogP contribution is -2.39. The van der Waals surface area contributed by atoms with Crippen LogP contribution in [-0.2, 0) is 0 Å². The van der Waals surface area contributed by atoms with Crippen LogP contribution >= 0.6 is 0 Å². The maximum Gasteiger partial charge on any atom is 0.161 e. The first-order valence-corrected chi connectivity index (χ1v) is 7.63. The molecule has 2 unspecified atom stereocenters. The molecule has 0 saturated carbocycles. The zero-order valence-corrected chi connectivity index (χ0v) is 12.6.